The second kappa shape index (κ2) is 6.59. The van der Waals surface area contributed by atoms with Gasteiger partial charge in [0.25, 0.3) is 0 Å². The van der Waals surface area contributed by atoms with Gasteiger partial charge >= 0.3 is 0 Å². The van der Waals surface area contributed by atoms with Crippen molar-refractivity contribution in [3.05, 3.63) is 54.5 Å². The normalized spacial score (nSPS) is 17.3. The summed E-state index contributed by atoms with van der Waals surface area (Å²) < 4.78 is 0. The first-order valence-electron chi connectivity index (χ1n) is 8.29. The average molecular weight is 323 g/mol. The van der Waals surface area contributed by atoms with Gasteiger partial charge in [-0.1, -0.05) is 30.3 Å². The van der Waals surface area contributed by atoms with Crippen molar-refractivity contribution in [1.82, 2.24) is 19.9 Å². The first-order chi connectivity index (χ1) is 11.8. The number of fused-ring (bicyclic) bond motifs is 1. The summed E-state index contributed by atoms with van der Waals surface area (Å²) in [7, 11) is 0. The summed E-state index contributed by atoms with van der Waals surface area (Å²) in [6.07, 6.45) is 3.07. The van der Waals surface area contributed by atoms with E-state index >= 15 is 0 Å². The third-order valence-electron chi connectivity index (χ3n) is 4.62. The SMILES string of the molecule is O[C@@H](CN1CCN(c2ncnc3[nH]ccc23)CC1)c1ccccc1. The van der Waals surface area contributed by atoms with Crippen molar-refractivity contribution in [3.63, 3.8) is 0 Å². The molecule has 24 heavy (non-hydrogen) atoms. The van der Waals surface area contributed by atoms with Crippen LogP contribution in [0, 0.1) is 0 Å². The summed E-state index contributed by atoms with van der Waals surface area (Å²) in [6.45, 7) is 4.30. The van der Waals surface area contributed by atoms with Crippen LogP contribution in [0.5, 0.6) is 0 Å². The number of benzene rings is 1. The number of rotatable bonds is 4. The van der Waals surface area contributed by atoms with Crippen LogP contribution in [0.25, 0.3) is 11.0 Å². The Morgan fingerprint density at radius 2 is 1.83 bits per heavy atom. The fourth-order valence-electron chi connectivity index (χ4n) is 3.28. The molecule has 0 saturated carbocycles. The van der Waals surface area contributed by atoms with Crippen LogP contribution < -0.4 is 4.90 Å². The number of aliphatic hydroxyl groups is 1. The van der Waals surface area contributed by atoms with E-state index in [4.69, 9.17) is 0 Å². The molecule has 1 aliphatic rings. The molecule has 3 heterocycles. The van der Waals surface area contributed by atoms with Gasteiger partial charge in [0, 0.05) is 38.9 Å². The maximum atomic E-state index is 10.4. The van der Waals surface area contributed by atoms with Gasteiger partial charge in [0.1, 0.15) is 17.8 Å². The van der Waals surface area contributed by atoms with E-state index in [0.717, 1.165) is 48.6 Å². The van der Waals surface area contributed by atoms with Crippen molar-refractivity contribution in [2.75, 3.05) is 37.6 Å². The van der Waals surface area contributed by atoms with Crippen molar-refractivity contribution in [2.24, 2.45) is 0 Å². The largest absolute Gasteiger partial charge is 0.387 e. The van der Waals surface area contributed by atoms with E-state index in [1.165, 1.54) is 0 Å². The molecule has 1 aliphatic heterocycles. The Kier molecular flexibility index (Phi) is 4.15. The minimum atomic E-state index is -0.437. The van der Waals surface area contributed by atoms with Gasteiger partial charge in [-0.25, -0.2) is 9.97 Å². The van der Waals surface area contributed by atoms with Crippen LogP contribution in [-0.2, 0) is 0 Å². The maximum absolute atomic E-state index is 10.4. The fraction of sp³-hybridized carbons (Fsp3) is 0.333. The first-order valence-corrected chi connectivity index (χ1v) is 8.29. The molecule has 1 atom stereocenters. The molecule has 4 rings (SSSR count). The van der Waals surface area contributed by atoms with E-state index in [0.29, 0.717) is 6.54 Å². The van der Waals surface area contributed by atoms with Crippen molar-refractivity contribution >= 4 is 16.9 Å². The van der Waals surface area contributed by atoms with E-state index in [2.05, 4.69) is 24.8 Å². The van der Waals surface area contributed by atoms with E-state index in [9.17, 15) is 5.11 Å². The molecule has 0 unspecified atom stereocenters. The van der Waals surface area contributed by atoms with Crippen LogP contribution in [-0.4, -0.2) is 57.7 Å². The molecule has 1 saturated heterocycles. The maximum Gasteiger partial charge on any atom is 0.142 e. The molecule has 6 nitrogen and oxygen atoms in total. The van der Waals surface area contributed by atoms with E-state index in [-0.39, 0.29) is 0 Å². The number of H-pyrrole nitrogens is 1. The van der Waals surface area contributed by atoms with Gasteiger partial charge in [0.05, 0.1) is 11.5 Å². The summed E-state index contributed by atoms with van der Waals surface area (Å²) in [6, 6.07) is 11.9. The van der Waals surface area contributed by atoms with Crippen LogP contribution in [0.15, 0.2) is 48.9 Å². The van der Waals surface area contributed by atoms with Gasteiger partial charge in [-0.15, -0.1) is 0 Å². The van der Waals surface area contributed by atoms with Crippen LogP contribution in [0.1, 0.15) is 11.7 Å². The molecule has 0 spiro atoms. The summed E-state index contributed by atoms with van der Waals surface area (Å²) in [5.41, 5.74) is 1.85. The molecule has 0 aliphatic carbocycles. The average Bonchev–Trinajstić information content (AvgIpc) is 3.12. The topological polar surface area (TPSA) is 68.3 Å². The summed E-state index contributed by atoms with van der Waals surface area (Å²) in [4.78, 5) is 16.4. The Labute approximate surface area is 140 Å². The third kappa shape index (κ3) is 2.98. The zero-order chi connectivity index (χ0) is 16.4. The van der Waals surface area contributed by atoms with Crippen LogP contribution in [0.3, 0.4) is 0 Å². The van der Waals surface area contributed by atoms with Gasteiger partial charge in [-0.2, -0.15) is 0 Å². The van der Waals surface area contributed by atoms with Crippen molar-refractivity contribution < 1.29 is 5.11 Å². The second-order valence-electron chi connectivity index (χ2n) is 6.15. The summed E-state index contributed by atoms with van der Waals surface area (Å²) in [5, 5.41) is 11.5. The van der Waals surface area contributed by atoms with E-state index < -0.39 is 6.10 Å². The van der Waals surface area contributed by atoms with Gasteiger partial charge in [-0.05, 0) is 11.6 Å². The monoisotopic (exact) mass is 323 g/mol. The number of anilines is 1. The lowest BCUT2D eigenvalue weighted by atomic mass is 10.1. The van der Waals surface area contributed by atoms with Crippen molar-refractivity contribution in [2.45, 2.75) is 6.10 Å². The molecule has 2 N–H and O–H groups in total. The highest BCUT2D eigenvalue weighted by atomic mass is 16.3. The number of aliphatic hydroxyl groups excluding tert-OH is 1. The van der Waals surface area contributed by atoms with Crippen LogP contribution in [0.2, 0.25) is 0 Å². The number of aromatic amines is 1. The molecule has 3 aromatic rings. The number of hydrogen-bond donors (Lipinski definition) is 2. The molecule has 2 aromatic heterocycles. The lowest BCUT2D eigenvalue weighted by Gasteiger charge is -2.36. The number of piperazine rings is 1. The Morgan fingerprint density at radius 1 is 1.04 bits per heavy atom. The summed E-state index contributed by atoms with van der Waals surface area (Å²) in [5.74, 6) is 0.990. The standard InChI is InChI=1S/C18H21N5O/c24-16(14-4-2-1-3-5-14)12-22-8-10-23(11-9-22)18-15-6-7-19-17(15)20-13-21-18/h1-7,13,16,24H,8-12H2,(H,19,20,21)/t16-/m0/s1. The molecule has 6 heteroatoms. The number of nitrogens with one attached hydrogen (secondary N) is 1. The second-order valence-corrected chi connectivity index (χ2v) is 6.15. The van der Waals surface area contributed by atoms with Crippen LogP contribution >= 0.6 is 0 Å². The Balaban J connectivity index is 1.39. The molecule has 0 amide bonds. The number of nitrogens with zero attached hydrogens (tertiary/aromatic N) is 4. The van der Waals surface area contributed by atoms with Gasteiger partial charge in [-0.3, -0.25) is 4.90 Å². The zero-order valence-corrected chi connectivity index (χ0v) is 13.5. The van der Waals surface area contributed by atoms with Gasteiger partial charge in [0.2, 0.25) is 0 Å². The Morgan fingerprint density at radius 3 is 2.62 bits per heavy atom. The van der Waals surface area contributed by atoms with Crippen LogP contribution in [0.4, 0.5) is 5.82 Å². The molecule has 1 fully saturated rings. The number of hydrogen-bond acceptors (Lipinski definition) is 5. The Bertz CT molecular complexity index is 795. The molecule has 124 valence electrons. The van der Waals surface area contributed by atoms with Gasteiger partial charge in [0.15, 0.2) is 0 Å². The highest BCUT2D eigenvalue weighted by molar-refractivity contribution is 5.87. The van der Waals surface area contributed by atoms with E-state index in [1.807, 2.05) is 42.6 Å². The smallest absolute Gasteiger partial charge is 0.142 e. The van der Waals surface area contributed by atoms with Crippen molar-refractivity contribution in [3.8, 4) is 0 Å². The molecule has 0 radical (unpaired) electrons. The van der Waals surface area contributed by atoms with Gasteiger partial charge < -0.3 is 15.0 Å². The minimum Gasteiger partial charge on any atom is -0.387 e. The quantitative estimate of drug-likeness (QED) is 0.766. The first kappa shape index (κ1) is 15.1. The summed E-state index contributed by atoms with van der Waals surface area (Å²) >= 11 is 0. The predicted octanol–water partition coefficient (Wildman–Crippen LogP) is 1.81. The molecular formula is C18H21N5O. The minimum absolute atomic E-state index is 0.437. The third-order valence-corrected chi connectivity index (χ3v) is 4.62. The Hall–Kier alpha value is -2.44. The molecule has 1 aromatic carbocycles. The highest BCUT2D eigenvalue weighted by Crippen LogP contribution is 2.23. The van der Waals surface area contributed by atoms with E-state index in [1.54, 1.807) is 6.33 Å². The molecular weight excluding hydrogens is 302 g/mol. The highest BCUT2D eigenvalue weighted by Gasteiger charge is 2.22. The fourth-order valence-corrected chi connectivity index (χ4v) is 3.28. The lowest BCUT2D eigenvalue weighted by Crippen LogP contribution is -2.47. The number of aromatic nitrogens is 3. The predicted molar refractivity (Wildman–Crippen MR) is 93.9 cm³/mol. The number of β-amino-alcohol motifs (C(OH)–C–C–N with tert-alkyl or cyclic N) is 1. The zero-order valence-electron chi connectivity index (χ0n) is 13.5. The van der Waals surface area contributed by atoms with Crippen molar-refractivity contribution in [1.29, 1.82) is 0 Å². The molecule has 0 bridgehead atoms. The lowest BCUT2D eigenvalue weighted by molar-refractivity contribution is 0.109.